The lowest BCUT2D eigenvalue weighted by atomic mass is 9.96. The summed E-state index contributed by atoms with van der Waals surface area (Å²) in [5.41, 5.74) is 0. The highest BCUT2D eigenvalue weighted by molar-refractivity contribution is 7.89. The van der Waals surface area contributed by atoms with E-state index in [1.165, 1.54) is 23.5 Å². The number of sulfonamides is 1. The van der Waals surface area contributed by atoms with Crippen LogP contribution in [-0.2, 0) is 14.8 Å². The van der Waals surface area contributed by atoms with Crippen LogP contribution >= 0.6 is 11.6 Å². The fourth-order valence-electron chi connectivity index (χ4n) is 2.55. The smallest absolute Gasteiger partial charge is 0.307 e. The molecule has 8 heteroatoms. The maximum absolute atomic E-state index is 12.8. The summed E-state index contributed by atoms with van der Waals surface area (Å²) in [6.07, 6.45) is 0.964. The van der Waals surface area contributed by atoms with Gasteiger partial charge in [-0.05, 0) is 31.9 Å². The first-order valence-corrected chi connectivity index (χ1v) is 8.67. The minimum Gasteiger partial charge on any atom is -0.497 e. The Morgan fingerprint density at radius 3 is 2.68 bits per heavy atom. The molecule has 6 nitrogen and oxygen atoms in total. The van der Waals surface area contributed by atoms with Crippen molar-refractivity contribution < 1.29 is 23.1 Å². The van der Waals surface area contributed by atoms with Gasteiger partial charge in [-0.2, -0.15) is 4.31 Å². The third kappa shape index (κ3) is 3.21. The Balaban J connectivity index is 2.42. The molecule has 0 aromatic heterocycles. The molecule has 0 radical (unpaired) electrons. The van der Waals surface area contributed by atoms with Gasteiger partial charge in [0.05, 0.1) is 18.1 Å². The topological polar surface area (TPSA) is 83.9 Å². The SMILES string of the molecule is COc1ccc(Cl)c(S(=O)(=O)N2CC(C(=O)O)CCC2C)c1. The second-order valence-electron chi connectivity index (χ2n) is 5.33. The second kappa shape index (κ2) is 6.44. The van der Waals surface area contributed by atoms with Crippen molar-refractivity contribution in [3.63, 3.8) is 0 Å². The molecule has 0 aliphatic carbocycles. The molecule has 2 unspecified atom stereocenters. The zero-order valence-electron chi connectivity index (χ0n) is 12.3. The van der Waals surface area contributed by atoms with E-state index in [0.29, 0.717) is 18.6 Å². The van der Waals surface area contributed by atoms with Gasteiger partial charge in [-0.1, -0.05) is 11.6 Å². The molecule has 1 aromatic rings. The van der Waals surface area contributed by atoms with Crippen LogP contribution in [0.4, 0.5) is 0 Å². The van der Waals surface area contributed by atoms with Crippen molar-refractivity contribution in [2.45, 2.75) is 30.7 Å². The van der Waals surface area contributed by atoms with Crippen LogP contribution in [0.5, 0.6) is 5.75 Å². The molecule has 1 N–H and O–H groups in total. The quantitative estimate of drug-likeness (QED) is 0.902. The third-order valence-electron chi connectivity index (χ3n) is 3.90. The number of rotatable bonds is 4. The molecule has 0 bridgehead atoms. The first-order chi connectivity index (χ1) is 10.3. The van der Waals surface area contributed by atoms with Gasteiger partial charge < -0.3 is 9.84 Å². The first-order valence-electron chi connectivity index (χ1n) is 6.85. The molecular weight excluding hydrogens is 330 g/mol. The van der Waals surface area contributed by atoms with Crippen molar-refractivity contribution in [1.29, 1.82) is 0 Å². The lowest BCUT2D eigenvalue weighted by Crippen LogP contribution is -2.47. The van der Waals surface area contributed by atoms with E-state index in [1.807, 2.05) is 0 Å². The molecule has 0 spiro atoms. The molecule has 1 fully saturated rings. The van der Waals surface area contributed by atoms with Crippen LogP contribution in [0, 0.1) is 5.92 Å². The van der Waals surface area contributed by atoms with Gasteiger partial charge >= 0.3 is 5.97 Å². The monoisotopic (exact) mass is 347 g/mol. The van der Waals surface area contributed by atoms with Gasteiger partial charge in [0.2, 0.25) is 10.0 Å². The standard InChI is InChI=1S/C14H18ClNO5S/c1-9-3-4-10(14(17)18)8-16(9)22(19,20)13-7-11(21-2)5-6-12(13)15/h5-7,9-10H,3-4,8H2,1-2H3,(H,17,18). The predicted molar refractivity (Wildman–Crippen MR) is 81.7 cm³/mol. The molecule has 1 heterocycles. The summed E-state index contributed by atoms with van der Waals surface area (Å²) >= 11 is 6.03. The molecule has 0 amide bonds. The molecule has 1 aliphatic heterocycles. The van der Waals surface area contributed by atoms with E-state index in [1.54, 1.807) is 13.0 Å². The van der Waals surface area contributed by atoms with Crippen molar-refractivity contribution in [3.05, 3.63) is 23.2 Å². The van der Waals surface area contributed by atoms with Crippen LogP contribution in [0.2, 0.25) is 5.02 Å². The molecule has 122 valence electrons. The van der Waals surface area contributed by atoms with Gasteiger partial charge in [0, 0.05) is 18.7 Å². The number of nitrogens with zero attached hydrogens (tertiary/aromatic N) is 1. The van der Waals surface area contributed by atoms with Crippen LogP contribution in [0.15, 0.2) is 23.1 Å². The Morgan fingerprint density at radius 1 is 1.41 bits per heavy atom. The average Bonchev–Trinajstić information content (AvgIpc) is 2.47. The van der Waals surface area contributed by atoms with Gasteiger partial charge in [0.25, 0.3) is 0 Å². The lowest BCUT2D eigenvalue weighted by molar-refractivity contribution is -0.143. The summed E-state index contributed by atoms with van der Waals surface area (Å²) in [4.78, 5) is 11.1. The third-order valence-corrected chi connectivity index (χ3v) is 6.36. The summed E-state index contributed by atoms with van der Waals surface area (Å²) in [5, 5.41) is 9.24. The minimum atomic E-state index is -3.88. The number of aliphatic carboxylic acids is 1. The van der Waals surface area contributed by atoms with E-state index in [2.05, 4.69) is 0 Å². The Morgan fingerprint density at radius 2 is 2.09 bits per heavy atom. The summed E-state index contributed by atoms with van der Waals surface area (Å²) in [7, 11) is -2.45. The number of halogens is 1. The highest BCUT2D eigenvalue weighted by Gasteiger charge is 2.38. The number of benzene rings is 1. The zero-order chi connectivity index (χ0) is 16.5. The molecule has 2 atom stereocenters. The van der Waals surface area contributed by atoms with E-state index in [4.69, 9.17) is 21.4 Å². The van der Waals surface area contributed by atoms with Gasteiger partial charge in [0.15, 0.2) is 0 Å². The number of carboxylic acid groups (broad SMARTS) is 1. The first kappa shape index (κ1) is 17.1. The predicted octanol–water partition coefficient (Wildman–Crippen LogP) is 2.22. The highest BCUT2D eigenvalue weighted by atomic mass is 35.5. The van der Waals surface area contributed by atoms with Crippen LogP contribution in [0.1, 0.15) is 19.8 Å². The summed E-state index contributed by atoms with van der Waals surface area (Å²) in [5.74, 6) is -1.30. The normalized spacial score (nSPS) is 23.2. The van der Waals surface area contributed by atoms with Gasteiger partial charge in [-0.15, -0.1) is 0 Å². The van der Waals surface area contributed by atoms with Crippen molar-refractivity contribution in [3.8, 4) is 5.75 Å². The number of methoxy groups -OCH3 is 1. The number of carboxylic acids is 1. The van der Waals surface area contributed by atoms with E-state index in [-0.39, 0.29) is 22.5 Å². The van der Waals surface area contributed by atoms with Crippen LogP contribution in [0.25, 0.3) is 0 Å². The molecule has 2 rings (SSSR count). The number of ether oxygens (including phenoxy) is 1. The fraction of sp³-hybridized carbons (Fsp3) is 0.500. The molecule has 1 saturated heterocycles. The molecule has 22 heavy (non-hydrogen) atoms. The largest absolute Gasteiger partial charge is 0.497 e. The Kier molecular flexibility index (Phi) is 4.99. The van der Waals surface area contributed by atoms with Gasteiger partial charge in [-0.3, -0.25) is 4.79 Å². The van der Waals surface area contributed by atoms with Crippen molar-refractivity contribution in [1.82, 2.24) is 4.31 Å². The molecular formula is C14H18ClNO5S. The van der Waals surface area contributed by atoms with E-state index < -0.39 is 21.9 Å². The number of piperidine rings is 1. The van der Waals surface area contributed by atoms with E-state index in [9.17, 15) is 13.2 Å². The summed E-state index contributed by atoms with van der Waals surface area (Å²) < 4.78 is 32.0. The fourth-order valence-corrected chi connectivity index (χ4v) is 4.74. The number of carbonyl (C=O) groups is 1. The zero-order valence-corrected chi connectivity index (χ0v) is 13.9. The van der Waals surface area contributed by atoms with Crippen LogP contribution in [0.3, 0.4) is 0 Å². The second-order valence-corrected chi connectivity index (χ2v) is 7.60. The minimum absolute atomic E-state index is 0.0492. The van der Waals surface area contributed by atoms with Gasteiger partial charge in [0.1, 0.15) is 10.6 Å². The van der Waals surface area contributed by atoms with Crippen LogP contribution in [-0.4, -0.2) is 43.5 Å². The molecule has 1 aromatic carbocycles. The Bertz CT molecular complexity index is 676. The number of hydrogen-bond donors (Lipinski definition) is 1. The summed E-state index contributed by atoms with van der Waals surface area (Å²) in [6.45, 7) is 1.72. The molecule has 1 aliphatic rings. The maximum atomic E-state index is 12.8. The van der Waals surface area contributed by atoms with Crippen molar-refractivity contribution in [2.24, 2.45) is 5.92 Å². The number of hydrogen-bond acceptors (Lipinski definition) is 4. The van der Waals surface area contributed by atoms with E-state index >= 15 is 0 Å². The maximum Gasteiger partial charge on any atom is 0.307 e. The Labute approximate surface area is 134 Å². The van der Waals surface area contributed by atoms with Crippen molar-refractivity contribution in [2.75, 3.05) is 13.7 Å². The lowest BCUT2D eigenvalue weighted by Gasteiger charge is -2.35. The molecule has 0 saturated carbocycles. The van der Waals surface area contributed by atoms with Crippen LogP contribution < -0.4 is 4.74 Å². The average molecular weight is 348 g/mol. The van der Waals surface area contributed by atoms with Crippen molar-refractivity contribution >= 4 is 27.6 Å². The van der Waals surface area contributed by atoms with Gasteiger partial charge in [-0.25, -0.2) is 8.42 Å². The summed E-state index contributed by atoms with van der Waals surface area (Å²) in [6, 6.07) is 4.11. The van der Waals surface area contributed by atoms with E-state index in [0.717, 1.165) is 0 Å². The highest BCUT2D eigenvalue weighted by Crippen LogP contribution is 2.33. The Hall–Kier alpha value is -1.31.